The van der Waals surface area contributed by atoms with Crippen molar-refractivity contribution in [2.45, 2.75) is 57.8 Å². The molecule has 200 valence electrons. The number of fused-ring (bicyclic) bond motifs is 3. The molecule has 0 unspecified atom stereocenters. The van der Waals surface area contributed by atoms with Crippen molar-refractivity contribution in [1.82, 2.24) is 9.88 Å². The normalized spacial score (nSPS) is 20.8. The number of ether oxygens (including phenoxy) is 1. The Labute approximate surface area is 213 Å². The van der Waals surface area contributed by atoms with Gasteiger partial charge in [-0.25, -0.2) is 17.6 Å². The molecule has 0 radical (unpaired) electrons. The Morgan fingerprint density at radius 2 is 1.78 bits per heavy atom. The number of halogens is 5. The van der Waals surface area contributed by atoms with E-state index < -0.39 is 29.2 Å². The molecule has 1 saturated heterocycles. The van der Waals surface area contributed by atoms with Gasteiger partial charge < -0.3 is 14.6 Å². The minimum Gasteiger partial charge on any atom is -0.488 e. The summed E-state index contributed by atoms with van der Waals surface area (Å²) >= 11 is 0. The zero-order chi connectivity index (χ0) is 26.5. The highest BCUT2D eigenvalue weighted by Gasteiger charge is 2.41. The van der Waals surface area contributed by atoms with E-state index in [1.54, 1.807) is 6.07 Å². The molecule has 0 bridgehead atoms. The molecular weight excluding hydrogens is 489 g/mol. The Balaban J connectivity index is 1.51. The number of likely N-dealkylation sites (tertiary alicyclic amines) is 1. The standard InChI is InChI=1S/C28H32F5N3O/c1-16-9-21-20-6-5-17(30)10-24(20)34-27(21)36(25(16)13-28(2,3)33)26-22(31)11-18(12-23(26)32)37-19-14-35(15-19)8-4-7-29/h5-6,10-12,16,19,25,34H,4,7-9,13-15H2,1-3H3/t16-,25-/m1/s1. The molecule has 9 heteroatoms. The monoisotopic (exact) mass is 521 g/mol. The smallest absolute Gasteiger partial charge is 0.153 e. The van der Waals surface area contributed by atoms with Gasteiger partial charge in [-0.1, -0.05) is 6.92 Å². The topological polar surface area (TPSA) is 31.5 Å². The lowest BCUT2D eigenvalue weighted by Crippen LogP contribution is -2.53. The van der Waals surface area contributed by atoms with Gasteiger partial charge in [0.05, 0.1) is 12.2 Å². The number of hydrogen-bond donors (Lipinski definition) is 1. The third-order valence-corrected chi connectivity index (χ3v) is 7.36. The van der Waals surface area contributed by atoms with Crippen LogP contribution in [0.25, 0.3) is 10.9 Å². The first-order valence-corrected chi connectivity index (χ1v) is 12.8. The van der Waals surface area contributed by atoms with Gasteiger partial charge in [0.15, 0.2) is 11.6 Å². The second kappa shape index (κ2) is 9.82. The number of nitrogens with one attached hydrogen (secondary N) is 1. The third-order valence-electron chi connectivity index (χ3n) is 7.36. The van der Waals surface area contributed by atoms with Crippen LogP contribution in [0.15, 0.2) is 30.3 Å². The molecule has 0 aliphatic carbocycles. The summed E-state index contributed by atoms with van der Waals surface area (Å²) in [4.78, 5) is 6.68. The van der Waals surface area contributed by atoms with E-state index in [1.807, 2.05) is 11.8 Å². The van der Waals surface area contributed by atoms with Crippen LogP contribution in [0.1, 0.15) is 39.2 Å². The SMILES string of the molecule is C[C@@H]1Cc2c([nH]c3cc(F)ccc23)N(c2c(F)cc(OC3CN(CCCF)C3)cc2F)[C@@H]1CC(C)(C)F. The van der Waals surface area contributed by atoms with Crippen LogP contribution >= 0.6 is 0 Å². The second-order valence-corrected chi connectivity index (χ2v) is 11.0. The van der Waals surface area contributed by atoms with Crippen LogP contribution in [0.2, 0.25) is 0 Å². The molecule has 0 spiro atoms. The molecule has 1 aromatic heterocycles. The molecule has 0 amide bonds. The molecule has 5 rings (SSSR count). The molecule has 2 aliphatic heterocycles. The summed E-state index contributed by atoms with van der Waals surface area (Å²) in [7, 11) is 0. The minimum atomic E-state index is -1.58. The molecule has 37 heavy (non-hydrogen) atoms. The van der Waals surface area contributed by atoms with E-state index in [9.17, 15) is 13.2 Å². The fraction of sp³-hybridized carbons (Fsp3) is 0.500. The molecule has 3 aromatic rings. The number of rotatable bonds is 8. The summed E-state index contributed by atoms with van der Waals surface area (Å²) in [6.45, 7) is 6.21. The first kappa shape index (κ1) is 25.8. The lowest BCUT2D eigenvalue weighted by Gasteiger charge is -2.43. The quantitative estimate of drug-likeness (QED) is 0.329. The summed E-state index contributed by atoms with van der Waals surface area (Å²) in [5.74, 6) is -1.69. The fourth-order valence-electron chi connectivity index (χ4n) is 5.67. The van der Waals surface area contributed by atoms with Crippen LogP contribution in [0.5, 0.6) is 5.75 Å². The molecular formula is C28H32F5N3O. The lowest BCUT2D eigenvalue weighted by molar-refractivity contribution is 0.0181. The predicted octanol–water partition coefficient (Wildman–Crippen LogP) is 6.84. The largest absolute Gasteiger partial charge is 0.488 e. The maximum atomic E-state index is 15.7. The number of benzene rings is 2. The molecule has 2 aliphatic rings. The number of nitrogens with zero attached hydrogens (tertiary/aromatic N) is 2. The Bertz CT molecular complexity index is 1260. The first-order valence-electron chi connectivity index (χ1n) is 12.8. The Kier molecular flexibility index (Phi) is 6.85. The average molecular weight is 522 g/mol. The number of H-pyrrole nitrogens is 1. The molecule has 2 aromatic carbocycles. The van der Waals surface area contributed by atoms with Crippen molar-refractivity contribution >= 4 is 22.4 Å². The molecule has 4 nitrogen and oxygen atoms in total. The van der Waals surface area contributed by atoms with Gasteiger partial charge in [-0.15, -0.1) is 0 Å². The summed E-state index contributed by atoms with van der Waals surface area (Å²) in [5.41, 5.74) is -0.538. The molecule has 1 N–H and O–H groups in total. The van der Waals surface area contributed by atoms with Gasteiger partial charge in [-0.3, -0.25) is 9.29 Å². The minimum absolute atomic E-state index is 0.0469. The van der Waals surface area contributed by atoms with Crippen LogP contribution in [-0.2, 0) is 6.42 Å². The van der Waals surface area contributed by atoms with Gasteiger partial charge in [-0.05, 0) is 50.8 Å². The molecule has 1 fully saturated rings. The zero-order valence-corrected chi connectivity index (χ0v) is 21.3. The highest BCUT2D eigenvalue weighted by Crippen LogP contribution is 2.46. The Hall–Kier alpha value is -2.81. The van der Waals surface area contributed by atoms with E-state index in [0.717, 1.165) is 23.1 Å². The zero-order valence-electron chi connectivity index (χ0n) is 21.3. The number of aromatic amines is 1. The van der Waals surface area contributed by atoms with Crippen molar-refractivity contribution in [3.05, 3.63) is 53.3 Å². The Morgan fingerprint density at radius 3 is 2.43 bits per heavy atom. The van der Waals surface area contributed by atoms with Crippen LogP contribution in [-0.4, -0.2) is 54.0 Å². The highest BCUT2D eigenvalue weighted by molar-refractivity contribution is 5.91. The van der Waals surface area contributed by atoms with Crippen molar-refractivity contribution in [3.8, 4) is 5.75 Å². The van der Waals surface area contributed by atoms with Crippen LogP contribution in [0, 0.1) is 23.4 Å². The van der Waals surface area contributed by atoms with Crippen molar-refractivity contribution in [1.29, 1.82) is 0 Å². The van der Waals surface area contributed by atoms with E-state index in [2.05, 4.69) is 4.98 Å². The Morgan fingerprint density at radius 1 is 1.08 bits per heavy atom. The van der Waals surface area contributed by atoms with Gasteiger partial charge >= 0.3 is 0 Å². The molecule has 2 atom stereocenters. The van der Waals surface area contributed by atoms with E-state index in [1.165, 1.54) is 30.9 Å². The first-order chi connectivity index (χ1) is 17.5. The average Bonchev–Trinajstić information content (AvgIpc) is 3.12. The van der Waals surface area contributed by atoms with E-state index in [0.29, 0.717) is 43.8 Å². The van der Waals surface area contributed by atoms with Gasteiger partial charge in [0.2, 0.25) is 0 Å². The number of aromatic nitrogens is 1. The van der Waals surface area contributed by atoms with Crippen LogP contribution < -0.4 is 9.64 Å². The third kappa shape index (κ3) is 5.15. The number of alkyl halides is 2. The summed E-state index contributed by atoms with van der Waals surface area (Å²) < 4.78 is 78.4. The summed E-state index contributed by atoms with van der Waals surface area (Å²) in [6.07, 6.45) is 0.821. The van der Waals surface area contributed by atoms with Gasteiger partial charge in [-0.2, -0.15) is 0 Å². The van der Waals surface area contributed by atoms with Gasteiger partial charge in [0.1, 0.15) is 34.8 Å². The summed E-state index contributed by atoms with van der Waals surface area (Å²) in [5, 5.41) is 0.772. The molecule has 0 saturated carbocycles. The van der Waals surface area contributed by atoms with Crippen molar-refractivity contribution in [3.63, 3.8) is 0 Å². The van der Waals surface area contributed by atoms with Crippen molar-refractivity contribution < 1.29 is 26.7 Å². The molecule has 3 heterocycles. The van der Waals surface area contributed by atoms with Gasteiger partial charge in [0.25, 0.3) is 0 Å². The maximum absolute atomic E-state index is 15.7. The lowest BCUT2D eigenvalue weighted by atomic mass is 9.82. The van der Waals surface area contributed by atoms with E-state index in [-0.39, 0.29) is 36.6 Å². The van der Waals surface area contributed by atoms with Crippen molar-refractivity contribution in [2.75, 3.05) is 31.2 Å². The fourth-order valence-corrected chi connectivity index (χ4v) is 5.67. The van der Waals surface area contributed by atoms with Crippen molar-refractivity contribution in [2.24, 2.45) is 5.92 Å². The van der Waals surface area contributed by atoms with Crippen LogP contribution in [0.3, 0.4) is 0 Å². The van der Waals surface area contributed by atoms with Crippen LogP contribution in [0.4, 0.5) is 33.5 Å². The van der Waals surface area contributed by atoms with E-state index >= 15 is 8.78 Å². The highest BCUT2D eigenvalue weighted by atomic mass is 19.2. The number of anilines is 2. The van der Waals surface area contributed by atoms with E-state index in [4.69, 9.17) is 4.74 Å². The summed E-state index contributed by atoms with van der Waals surface area (Å²) in [6, 6.07) is 6.13. The predicted molar refractivity (Wildman–Crippen MR) is 135 cm³/mol. The number of hydrogen-bond acceptors (Lipinski definition) is 3. The second-order valence-electron chi connectivity index (χ2n) is 11.0. The van der Waals surface area contributed by atoms with Gasteiger partial charge in [0, 0.05) is 55.2 Å². The maximum Gasteiger partial charge on any atom is 0.153 e.